The van der Waals surface area contributed by atoms with Crippen molar-refractivity contribution < 1.29 is 5.11 Å². The van der Waals surface area contributed by atoms with Crippen molar-refractivity contribution in [2.75, 3.05) is 13.2 Å². The molecule has 2 aromatic rings. The lowest BCUT2D eigenvalue weighted by Crippen LogP contribution is -2.23. The number of nitrogens with one attached hydrogen (secondary N) is 1. The lowest BCUT2D eigenvalue weighted by molar-refractivity contribution is 0.233. The van der Waals surface area contributed by atoms with Gasteiger partial charge >= 0.3 is 0 Å². The molecule has 0 saturated heterocycles. The summed E-state index contributed by atoms with van der Waals surface area (Å²) >= 11 is 6.24. The molecule has 0 bridgehead atoms. The first-order valence-electron chi connectivity index (χ1n) is 6.87. The molecule has 2 N–H and O–H groups in total. The van der Waals surface area contributed by atoms with Crippen molar-refractivity contribution in [1.82, 2.24) is 20.1 Å². The Hall–Kier alpha value is -1.17. The number of halogens is 1. The van der Waals surface area contributed by atoms with Gasteiger partial charge < -0.3 is 10.4 Å². The zero-order chi connectivity index (χ0) is 14.7. The Morgan fingerprint density at radius 3 is 2.80 bits per heavy atom. The summed E-state index contributed by atoms with van der Waals surface area (Å²) in [6.07, 6.45) is 1.82. The summed E-state index contributed by atoms with van der Waals surface area (Å²) in [6, 6.07) is 2.28. The zero-order valence-corrected chi connectivity index (χ0v) is 12.9. The van der Waals surface area contributed by atoms with Gasteiger partial charge in [-0.3, -0.25) is 0 Å². The Labute approximate surface area is 124 Å². The Bertz CT molecular complexity index is 582. The van der Waals surface area contributed by atoms with Crippen molar-refractivity contribution in [3.63, 3.8) is 0 Å². The van der Waals surface area contributed by atoms with Crippen LogP contribution in [-0.4, -0.2) is 33.0 Å². The maximum Gasteiger partial charge on any atom is 0.159 e. The molecule has 0 saturated carbocycles. The maximum absolute atomic E-state index is 8.99. The first kappa shape index (κ1) is 15.2. The highest BCUT2D eigenvalue weighted by Gasteiger charge is 2.11. The van der Waals surface area contributed by atoms with Gasteiger partial charge in [-0.25, -0.2) is 9.67 Å². The lowest BCUT2D eigenvalue weighted by atomic mass is 10.2. The quantitative estimate of drug-likeness (QED) is 0.804. The van der Waals surface area contributed by atoms with Crippen LogP contribution in [0, 0.1) is 5.92 Å². The number of pyridine rings is 1. The van der Waals surface area contributed by atoms with E-state index in [1.165, 1.54) is 0 Å². The molecule has 0 aliphatic carbocycles. The van der Waals surface area contributed by atoms with Crippen LogP contribution in [0.2, 0.25) is 5.15 Å². The molecule has 1 unspecified atom stereocenters. The lowest BCUT2D eigenvalue weighted by Gasteiger charge is -2.11. The molecule has 20 heavy (non-hydrogen) atoms. The molecule has 0 radical (unpaired) electrons. The van der Waals surface area contributed by atoms with E-state index in [4.69, 9.17) is 16.7 Å². The SMILES string of the molecule is CC(CO)CNCc1cc2cnn(C(C)C)c2nc1Cl. The number of hydrogen-bond acceptors (Lipinski definition) is 4. The second-order valence-corrected chi connectivity index (χ2v) is 5.81. The van der Waals surface area contributed by atoms with Crippen LogP contribution in [0.15, 0.2) is 12.3 Å². The zero-order valence-electron chi connectivity index (χ0n) is 12.1. The van der Waals surface area contributed by atoms with Crippen LogP contribution < -0.4 is 5.32 Å². The monoisotopic (exact) mass is 296 g/mol. The summed E-state index contributed by atoms with van der Waals surface area (Å²) in [4.78, 5) is 4.45. The van der Waals surface area contributed by atoms with Crippen molar-refractivity contribution in [3.05, 3.63) is 23.0 Å². The molecule has 0 aliphatic rings. The van der Waals surface area contributed by atoms with Crippen LogP contribution in [0.3, 0.4) is 0 Å². The van der Waals surface area contributed by atoms with E-state index in [1.807, 2.05) is 23.9 Å². The predicted octanol–water partition coefficient (Wildman–Crippen LogP) is 2.38. The summed E-state index contributed by atoms with van der Waals surface area (Å²) < 4.78 is 1.87. The average molecular weight is 297 g/mol. The maximum atomic E-state index is 8.99. The highest BCUT2D eigenvalue weighted by Crippen LogP contribution is 2.22. The smallest absolute Gasteiger partial charge is 0.159 e. The van der Waals surface area contributed by atoms with Gasteiger partial charge in [0.25, 0.3) is 0 Å². The third kappa shape index (κ3) is 3.29. The highest BCUT2D eigenvalue weighted by atomic mass is 35.5. The molecule has 0 spiro atoms. The molecule has 110 valence electrons. The number of hydrogen-bond donors (Lipinski definition) is 2. The molecular weight excluding hydrogens is 276 g/mol. The van der Waals surface area contributed by atoms with E-state index < -0.39 is 0 Å². The minimum absolute atomic E-state index is 0.180. The van der Waals surface area contributed by atoms with Gasteiger partial charge in [0, 0.05) is 36.7 Å². The number of fused-ring (bicyclic) bond motifs is 1. The van der Waals surface area contributed by atoms with E-state index in [0.717, 1.165) is 23.1 Å². The van der Waals surface area contributed by atoms with Gasteiger partial charge in [0.15, 0.2) is 5.65 Å². The van der Waals surface area contributed by atoms with E-state index in [9.17, 15) is 0 Å². The van der Waals surface area contributed by atoms with Crippen LogP contribution in [0.5, 0.6) is 0 Å². The molecule has 0 aliphatic heterocycles. The number of nitrogens with zero attached hydrogens (tertiary/aromatic N) is 3. The van der Waals surface area contributed by atoms with Gasteiger partial charge in [-0.05, 0) is 25.8 Å². The van der Waals surface area contributed by atoms with Crippen LogP contribution in [0.25, 0.3) is 11.0 Å². The van der Waals surface area contributed by atoms with E-state index >= 15 is 0 Å². The van der Waals surface area contributed by atoms with E-state index in [-0.39, 0.29) is 18.6 Å². The van der Waals surface area contributed by atoms with Gasteiger partial charge in [0.05, 0.1) is 6.20 Å². The van der Waals surface area contributed by atoms with Gasteiger partial charge in [0.1, 0.15) is 5.15 Å². The topological polar surface area (TPSA) is 63.0 Å². The van der Waals surface area contributed by atoms with Gasteiger partial charge in [-0.2, -0.15) is 5.10 Å². The summed E-state index contributed by atoms with van der Waals surface area (Å²) in [6.45, 7) is 7.68. The van der Waals surface area contributed by atoms with Crippen molar-refractivity contribution in [2.24, 2.45) is 5.92 Å². The van der Waals surface area contributed by atoms with E-state index in [1.54, 1.807) is 0 Å². The standard InChI is InChI=1S/C14H21ClN4O/c1-9(2)19-14-12(7-17-19)4-11(13(15)18-14)6-16-5-10(3)8-20/h4,7,9-10,16,20H,5-6,8H2,1-3H3. The van der Waals surface area contributed by atoms with E-state index in [2.05, 4.69) is 29.2 Å². The fourth-order valence-electron chi connectivity index (χ4n) is 2.02. The van der Waals surface area contributed by atoms with Crippen LogP contribution in [0.4, 0.5) is 0 Å². The molecule has 2 aromatic heterocycles. The molecule has 0 aromatic carbocycles. The number of rotatable bonds is 6. The Morgan fingerprint density at radius 1 is 1.40 bits per heavy atom. The Morgan fingerprint density at radius 2 is 2.15 bits per heavy atom. The third-order valence-electron chi connectivity index (χ3n) is 3.20. The van der Waals surface area contributed by atoms with Crippen molar-refractivity contribution in [2.45, 2.75) is 33.4 Å². The van der Waals surface area contributed by atoms with Crippen LogP contribution >= 0.6 is 11.6 Å². The van der Waals surface area contributed by atoms with Gasteiger partial charge in [-0.15, -0.1) is 0 Å². The summed E-state index contributed by atoms with van der Waals surface area (Å²) in [7, 11) is 0. The Kier molecular flexibility index (Phi) is 4.96. The molecule has 2 heterocycles. The first-order chi connectivity index (χ1) is 9.52. The molecule has 6 heteroatoms. The third-order valence-corrected chi connectivity index (χ3v) is 3.53. The minimum Gasteiger partial charge on any atom is -0.396 e. The van der Waals surface area contributed by atoms with Crippen molar-refractivity contribution in [1.29, 1.82) is 0 Å². The predicted molar refractivity (Wildman–Crippen MR) is 80.9 cm³/mol. The molecule has 5 nitrogen and oxygen atoms in total. The summed E-state index contributed by atoms with van der Waals surface area (Å²) in [5.74, 6) is 0.231. The highest BCUT2D eigenvalue weighted by molar-refractivity contribution is 6.30. The van der Waals surface area contributed by atoms with Crippen LogP contribution in [-0.2, 0) is 6.54 Å². The second-order valence-electron chi connectivity index (χ2n) is 5.45. The first-order valence-corrected chi connectivity index (χ1v) is 7.25. The van der Waals surface area contributed by atoms with E-state index in [0.29, 0.717) is 11.7 Å². The second kappa shape index (κ2) is 6.52. The number of aliphatic hydroxyl groups excluding tert-OH is 1. The molecule has 2 rings (SSSR count). The molecule has 0 fully saturated rings. The van der Waals surface area contributed by atoms with Crippen molar-refractivity contribution in [3.8, 4) is 0 Å². The summed E-state index contributed by atoms with van der Waals surface area (Å²) in [5, 5.41) is 18.1. The largest absolute Gasteiger partial charge is 0.396 e. The Balaban J connectivity index is 2.17. The van der Waals surface area contributed by atoms with Crippen molar-refractivity contribution >= 4 is 22.6 Å². The van der Waals surface area contributed by atoms with Gasteiger partial charge in [0.2, 0.25) is 0 Å². The average Bonchev–Trinajstić information content (AvgIpc) is 2.81. The molecule has 0 amide bonds. The normalized spacial score (nSPS) is 13.3. The number of aromatic nitrogens is 3. The fraction of sp³-hybridized carbons (Fsp3) is 0.571. The summed E-state index contributed by atoms with van der Waals surface area (Å²) in [5.41, 5.74) is 1.77. The fourth-order valence-corrected chi connectivity index (χ4v) is 2.22. The number of aliphatic hydroxyl groups is 1. The van der Waals surface area contributed by atoms with Gasteiger partial charge in [-0.1, -0.05) is 18.5 Å². The molecule has 1 atom stereocenters. The molecular formula is C14H21ClN4O. The minimum atomic E-state index is 0.180. The van der Waals surface area contributed by atoms with Crippen LogP contribution in [0.1, 0.15) is 32.4 Å².